The predicted octanol–water partition coefficient (Wildman–Crippen LogP) is 3.79. The van der Waals surface area contributed by atoms with Crippen LogP contribution in [0.15, 0.2) is 66.7 Å². The van der Waals surface area contributed by atoms with Crippen molar-refractivity contribution in [2.45, 2.75) is 13.0 Å². The zero-order valence-corrected chi connectivity index (χ0v) is 12.5. The molecule has 112 valence electrons. The van der Waals surface area contributed by atoms with Gasteiger partial charge in [0.2, 0.25) is 5.88 Å². The highest BCUT2D eigenvalue weighted by Gasteiger charge is 1.98. The minimum absolute atomic E-state index is 0.674. The van der Waals surface area contributed by atoms with E-state index in [1.807, 2.05) is 36.4 Å². The van der Waals surface area contributed by atoms with Gasteiger partial charge in [-0.15, -0.1) is 0 Å². The number of hydrogen-bond donors (Lipinski definition) is 1. The van der Waals surface area contributed by atoms with Gasteiger partial charge in [0.1, 0.15) is 0 Å². The minimum Gasteiger partial charge on any atom is -0.478 e. The number of nitrogens with one attached hydrogen (secondary N) is 1. The van der Waals surface area contributed by atoms with Crippen molar-refractivity contribution in [3.05, 3.63) is 72.3 Å². The molecule has 1 heterocycles. The fourth-order valence-electron chi connectivity index (χ4n) is 2.33. The highest BCUT2D eigenvalue weighted by atomic mass is 16.5. The zero-order chi connectivity index (χ0) is 15.0. The summed E-state index contributed by atoms with van der Waals surface area (Å²) in [4.78, 5) is 4.50. The Morgan fingerprint density at radius 3 is 2.59 bits per heavy atom. The van der Waals surface area contributed by atoms with Crippen LogP contribution in [0.2, 0.25) is 0 Å². The van der Waals surface area contributed by atoms with Gasteiger partial charge in [-0.1, -0.05) is 48.5 Å². The summed E-state index contributed by atoms with van der Waals surface area (Å²) in [6.45, 7) is 2.50. The number of fused-ring (bicyclic) bond motifs is 1. The lowest BCUT2D eigenvalue weighted by atomic mass is 10.2. The highest BCUT2D eigenvalue weighted by Crippen LogP contribution is 2.15. The van der Waals surface area contributed by atoms with Gasteiger partial charge in [0.15, 0.2) is 0 Å². The Hall–Kier alpha value is -2.39. The van der Waals surface area contributed by atoms with E-state index in [0.717, 1.165) is 30.4 Å². The van der Waals surface area contributed by atoms with Crippen molar-refractivity contribution in [3.8, 4) is 5.88 Å². The zero-order valence-electron chi connectivity index (χ0n) is 12.5. The Labute approximate surface area is 131 Å². The summed E-state index contributed by atoms with van der Waals surface area (Å²) >= 11 is 0. The van der Waals surface area contributed by atoms with Gasteiger partial charge in [0.25, 0.3) is 0 Å². The molecule has 3 aromatic rings. The minimum atomic E-state index is 0.674. The molecule has 0 aliphatic rings. The summed E-state index contributed by atoms with van der Waals surface area (Å²) in [6, 6.07) is 22.5. The maximum atomic E-state index is 5.72. The normalized spacial score (nSPS) is 10.7. The molecule has 2 aromatic carbocycles. The van der Waals surface area contributed by atoms with Crippen molar-refractivity contribution in [2.75, 3.05) is 13.2 Å². The van der Waals surface area contributed by atoms with Crippen molar-refractivity contribution in [1.82, 2.24) is 10.3 Å². The van der Waals surface area contributed by atoms with Crippen LogP contribution in [-0.2, 0) is 6.54 Å². The molecular weight excluding hydrogens is 272 g/mol. The molecule has 0 aliphatic heterocycles. The maximum Gasteiger partial charge on any atom is 0.213 e. The number of ether oxygens (including phenoxy) is 1. The van der Waals surface area contributed by atoms with Crippen molar-refractivity contribution < 1.29 is 4.74 Å². The molecule has 0 spiro atoms. The Balaban J connectivity index is 1.39. The van der Waals surface area contributed by atoms with E-state index in [1.54, 1.807) is 0 Å². The quantitative estimate of drug-likeness (QED) is 0.673. The van der Waals surface area contributed by atoms with Crippen LogP contribution in [0.1, 0.15) is 12.0 Å². The van der Waals surface area contributed by atoms with Crippen LogP contribution in [-0.4, -0.2) is 18.1 Å². The van der Waals surface area contributed by atoms with Gasteiger partial charge >= 0.3 is 0 Å². The first-order valence-electron chi connectivity index (χ1n) is 7.65. The third-order valence-corrected chi connectivity index (χ3v) is 3.49. The van der Waals surface area contributed by atoms with E-state index in [-0.39, 0.29) is 0 Å². The Kier molecular flexibility index (Phi) is 5.00. The Morgan fingerprint density at radius 2 is 1.68 bits per heavy atom. The third kappa shape index (κ3) is 4.06. The number of nitrogens with zero attached hydrogens (tertiary/aromatic N) is 1. The fraction of sp³-hybridized carbons (Fsp3) is 0.211. The van der Waals surface area contributed by atoms with E-state index in [1.165, 1.54) is 5.56 Å². The lowest BCUT2D eigenvalue weighted by Gasteiger charge is -2.07. The molecule has 0 radical (unpaired) electrons. The lowest BCUT2D eigenvalue weighted by molar-refractivity contribution is 0.298. The molecule has 0 aliphatic carbocycles. The first kappa shape index (κ1) is 14.5. The topological polar surface area (TPSA) is 34.1 Å². The monoisotopic (exact) mass is 292 g/mol. The van der Waals surface area contributed by atoms with Gasteiger partial charge in [-0.2, -0.15) is 0 Å². The van der Waals surface area contributed by atoms with Gasteiger partial charge in [-0.25, -0.2) is 4.98 Å². The van der Waals surface area contributed by atoms with Gasteiger partial charge in [0.05, 0.1) is 12.1 Å². The van der Waals surface area contributed by atoms with Crippen molar-refractivity contribution in [3.63, 3.8) is 0 Å². The van der Waals surface area contributed by atoms with Gasteiger partial charge < -0.3 is 10.1 Å². The smallest absolute Gasteiger partial charge is 0.213 e. The molecule has 1 aromatic heterocycles. The summed E-state index contributed by atoms with van der Waals surface area (Å²) in [5.74, 6) is 0.696. The molecular formula is C19H20N2O. The molecule has 22 heavy (non-hydrogen) atoms. The molecule has 0 amide bonds. The van der Waals surface area contributed by atoms with Gasteiger partial charge in [-0.3, -0.25) is 0 Å². The average Bonchev–Trinajstić information content (AvgIpc) is 2.59. The molecule has 3 nitrogen and oxygen atoms in total. The van der Waals surface area contributed by atoms with E-state index in [4.69, 9.17) is 4.74 Å². The maximum absolute atomic E-state index is 5.72. The van der Waals surface area contributed by atoms with Crippen LogP contribution >= 0.6 is 0 Å². The fourth-order valence-corrected chi connectivity index (χ4v) is 2.33. The third-order valence-electron chi connectivity index (χ3n) is 3.49. The molecule has 0 unspecified atom stereocenters. The van der Waals surface area contributed by atoms with Crippen LogP contribution < -0.4 is 10.1 Å². The van der Waals surface area contributed by atoms with Gasteiger partial charge in [0, 0.05) is 18.0 Å². The molecule has 0 fully saturated rings. The van der Waals surface area contributed by atoms with Crippen molar-refractivity contribution >= 4 is 10.9 Å². The molecule has 0 saturated heterocycles. The van der Waals surface area contributed by atoms with Crippen molar-refractivity contribution in [2.24, 2.45) is 0 Å². The predicted molar refractivity (Wildman–Crippen MR) is 90.0 cm³/mol. The van der Waals surface area contributed by atoms with E-state index < -0.39 is 0 Å². The number of benzene rings is 2. The average molecular weight is 292 g/mol. The molecule has 3 heteroatoms. The summed E-state index contributed by atoms with van der Waals surface area (Å²) < 4.78 is 5.72. The van der Waals surface area contributed by atoms with E-state index in [0.29, 0.717) is 12.5 Å². The second kappa shape index (κ2) is 7.57. The number of hydrogen-bond acceptors (Lipinski definition) is 3. The van der Waals surface area contributed by atoms with Crippen LogP contribution in [0.5, 0.6) is 5.88 Å². The van der Waals surface area contributed by atoms with Crippen molar-refractivity contribution in [1.29, 1.82) is 0 Å². The van der Waals surface area contributed by atoms with Crippen LogP contribution in [0.4, 0.5) is 0 Å². The molecule has 0 saturated carbocycles. The Morgan fingerprint density at radius 1 is 0.864 bits per heavy atom. The van der Waals surface area contributed by atoms with Crippen LogP contribution in [0.3, 0.4) is 0 Å². The first-order chi connectivity index (χ1) is 10.9. The van der Waals surface area contributed by atoms with Crippen LogP contribution in [0.25, 0.3) is 10.9 Å². The molecule has 3 rings (SSSR count). The number of rotatable bonds is 7. The second-order valence-electron chi connectivity index (χ2n) is 5.21. The highest BCUT2D eigenvalue weighted by molar-refractivity contribution is 5.78. The van der Waals surface area contributed by atoms with E-state index in [2.05, 4.69) is 40.6 Å². The number of pyridine rings is 1. The standard InChI is InChI=1S/C19H20N2O/c1-2-7-16(8-3-1)15-20-13-6-14-22-19-12-11-17-9-4-5-10-18(17)21-19/h1-5,7-12,20H,6,13-15H2. The number of para-hydroxylation sites is 1. The number of aromatic nitrogens is 1. The summed E-state index contributed by atoms with van der Waals surface area (Å²) in [5.41, 5.74) is 2.28. The Bertz CT molecular complexity index is 713. The van der Waals surface area contributed by atoms with E-state index in [9.17, 15) is 0 Å². The second-order valence-corrected chi connectivity index (χ2v) is 5.21. The summed E-state index contributed by atoms with van der Waals surface area (Å²) in [6.07, 6.45) is 0.960. The lowest BCUT2D eigenvalue weighted by Crippen LogP contribution is -2.17. The van der Waals surface area contributed by atoms with E-state index >= 15 is 0 Å². The SMILES string of the molecule is c1ccc(CNCCCOc2ccc3ccccc3n2)cc1. The first-order valence-corrected chi connectivity index (χ1v) is 7.65. The van der Waals surface area contributed by atoms with Gasteiger partial charge in [-0.05, 0) is 30.7 Å². The molecule has 0 bridgehead atoms. The molecule has 0 atom stereocenters. The summed E-state index contributed by atoms with van der Waals surface area (Å²) in [7, 11) is 0. The molecule has 1 N–H and O–H groups in total. The summed E-state index contributed by atoms with van der Waals surface area (Å²) in [5, 5.41) is 4.56. The largest absolute Gasteiger partial charge is 0.478 e. The van der Waals surface area contributed by atoms with Crippen LogP contribution in [0, 0.1) is 0 Å².